The minimum atomic E-state index is -5.02. The minimum absolute atomic E-state index is 0.0117. The molecular weight excluding hydrogens is 448 g/mol. The van der Waals surface area contributed by atoms with Gasteiger partial charge in [-0.3, -0.25) is 0 Å². The van der Waals surface area contributed by atoms with E-state index in [9.17, 15) is 31.1 Å². The third-order valence-electron chi connectivity index (χ3n) is 3.93. The molecule has 0 atom stereocenters. The molecule has 0 saturated heterocycles. The molecular formula is C19H13F6N3O4. The Bertz CT molecular complexity index is 1050. The predicted molar refractivity (Wildman–Crippen MR) is 98.5 cm³/mol. The largest absolute Gasteiger partial charge is 0.497 e. The number of nitrogens with zero attached hydrogens (tertiary/aromatic N) is 3. The standard InChI is InChI=1S/C19H13F6N3O4/c1-31-14-3-2-11(6-15(17(29)30)27-28-26)16(8-14)32-9-10-4-12(18(20,21)22)7-13(5-10)19(23,24)25/h2-8H,9H2,1H3,(H,29,30). The number of hydrogen-bond acceptors (Lipinski definition) is 4. The third-order valence-corrected chi connectivity index (χ3v) is 3.93. The fourth-order valence-corrected chi connectivity index (χ4v) is 2.48. The first-order valence-corrected chi connectivity index (χ1v) is 8.44. The number of azide groups is 1. The van der Waals surface area contributed by atoms with Crippen molar-refractivity contribution in [1.29, 1.82) is 0 Å². The van der Waals surface area contributed by atoms with E-state index < -0.39 is 47.3 Å². The van der Waals surface area contributed by atoms with E-state index in [0.29, 0.717) is 12.1 Å². The third kappa shape index (κ3) is 6.32. The topological polar surface area (TPSA) is 105 Å². The zero-order valence-corrected chi connectivity index (χ0v) is 16.0. The van der Waals surface area contributed by atoms with Crippen LogP contribution in [0.3, 0.4) is 0 Å². The Balaban J connectivity index is 2.48. The van der Waals surface area contributed by atoms with E-state index in [0.717, 1.165) is 6.08 Å². The first kappa shape index (κ1) is 24.4. The Kier molecular flexibility index (Phi) is 7.26. The average molecular weight is 461 g/mol. The molecule has 0 spiro atoms. The Morgan fingerprint density at radius 3 is 2.16 bits per heavy atom. The van der Waals surface area contributed by atoms with Crippen LogP contribution in [0.4, 0.5) is 26.3 Å². The summed E-state index contributed by atoms with van der Waals surface area (Å²) in [4.78, 5) is 13.5. The SMILES string of the molecule is COc1ccc(C=C(N=[N+]=[N-])C(=O)O)c(OCc2cc(C(F)(F)F)cc(C(F)(F)F)c2)c1. The highest BCUT2D eigenvalue weighted by molar-refractivity contribution is 5.92. The molecule has 0 amide bonds. The zero-order chi connectivity index (χ0) is 24.1. The van der Waals surface area contributed by atoms with Crippen LogP contribution in [-0.2, 0) is 23.8 Å². The van der Waals surface area contributed by atoms with E-state index in [1.807, 2.05) is 0 Å². The number of methoxy groups -OCH3 is 1. The lowest BCUT2D eigenvalue weighted by atomic mass is 10.1. The summed E-state index contributed by atoms with van der Waals surface area (Å²) in [5, 5.41) is 12.1. The Hall–Kier alpha value is -3.86. The molecule has 0 bridgehead atoms. The Morgan fingerprint density at radius 1 is 1.09 bits per heavy atom. The first-order valence-electron chi connectivity index (χ1n) is 8.44. The van der Waals surface area contributed by atoms with Crippen LogP contribution >= 0.6 is 0 Å². The van der Waals surface area contributed by atoms with Crippen LogP contribution in [0.2, 0.25) is 0 Å². The lowest BCUT2D eigenvalue weighted by molar-refractivity contribution is -0.143. The van der Waals surface area contributed by atoms with E-state index in [4.69, 9.17) is 20.1 Å². The van der Waals surface area contributed by atoms with Gasteiger partial charge in [0.1, 0.15) is 23.8 Å². The van der Waals surface area contributed by atoms with Crippen molar-refractivity contribution in [2.24, 2.45) is 5.11 Å². The molecule has 0 unspecified atom stereocenters. The summed E-state index contributed by atoms with van der Waals surface area (Å²) in [6.07, 6.45) is -9.12. The number of alkyl halides is 6. The van der Waals surface area contributed by atoms with E-state index in [2.05, 4.69) is 10.0 Å². The molecule has 0 aromatic heterocycles. The highest BCUT2D eigenvalue weighted by atomic mass is 19.4. The molecule has 32 heavy (non-hydrogen) atoms. The molecule has 13 heteroatoms. The highest BCUT2D eigenvalue weighted by Gasteiger charge is 2.36. The van der Waals surface area contributed by atoms with Gasteiger partial charge in [-0.2, -0.15) is 26.3 Å². The average Bonchev–Trinajstić information content (AvgIpc) is 2.71. The number of rotatable bonds is 7. The van der Waals surface area contributed by atoms with Crippen LogP contribution in [0.15, 0.2) is 47.2 Å². The summed E-state index contributed by atoms with van der Waals surface area (Å²) in [7, 11) is 1.29. The molecule has 2 rings (SSSR count). The maximum absolute atomic E-state index is 13.0. The molecule has 2 aromatic carbocycles. The van der Waals surface area contributed by atoms with Gasteiger partial charge in [-0.15, -0.1) is 0 Å². The molecule has 0 aliphatic rings. The van der Waals surface area contributed by atoms with Crippen molar-refractivity contribution in [3.05, 3.63) is 74.8 Å². The van der Waals surface area contributed by atoms with Gasteiger partial charge in [0.25, 0.3) is 0 Å². The van der Waals surface area contributed by atoms with Crippen molar-refractivity contribution in [1.82, 2.24) is 0 Å². The van der Waals surface area contributed by atoms with Gasteiger partial charge < -0.3 is 14.6 Å². The predicted octanol–water partition coefficient (Wildman–Crippen LogP) is 6.05. The molecule has 0 heterocycles. The lowest BCUT2D eigenvalue weighted by Crippen LogP contribution is -2.12. The summed E-state index contributed by atoms with van der Waals surface area (Å²) in [5.74, 6) is -1.50. The molecule has 2 aromatic rings. The number of carboxylic acid groups (broad SMARTS) is 1. The highest BCUT2D eigenvalue weighted by Crippen LogP contribution is 2.37. The molecule has 0 aliphatic carbocycles. The van der Waals surface area contributed by atoms with Gasteiger partial charge in [0.05, 0.1) is 18.2 Å². The van der Waals surface area contributed by atoms with Gasteiger partial charge in [-0.25, -0.2) is 4.79 Å². The monoisotopic (exact) mass is 461 g/mol. The van der Waals surface area contributed by atoms with Crippen LogP contribution in [0.5, 0.6) is 11.5 Å². The van der Waals surface area contributed by atoms with Crippen molar-refractivity contribution in [2.75, 3.05) is 7.11 Å². The van der Waals surface area contributed by atoms with Crippen molar-refractivity contribution in [2.45, 2.75) is 19.0 Å². The Labute approximate surface area is 176 Å². The van der Waals surface area contributed by atoms with E-state index >= 15 is 0 Å². The molecule has 0 saturated carbocycles. The molecule has 1 N–H and O–H groups in total. The zero-order valence-electron chi connectivity index (χ0n) is 16.0. The summed E-state index contributed by atoms with van der Waals surface area (Å²) in [6, 6.07) is 4.93. The quantitative estimate of drug-likeness (QED) is 0.178. The minimum Gasteiger partial charge on any atom is -0.497 e. The van der Waals surface area contributed by atoms with Crippen LogP contribution in [0, 0.1) is 0 Å². The van der Waals surface area contributed by atoms with Gasteiger partial charge >= 0.3 is 18.3 Å². The second kappa shape index (κ2) is 9.52. The Morgan fingerprint density at radius 2 is 1.69 bits per heavy atom. The normalized spacial score (nSPS) is 12.2. The smallest absolute Gasteiger partial charge is 0.416 e. The maximum atomic E-state index is 13.0. The van der Waals surface area contributed by atoms with Crippen molar-refractivity contribution >= 4 is 12.0 Å². The lowest BCUT2D eigenvalue weighted by Gasteiger charge is -2.16. The summed E-state index contributed by atoms with van der Waals surface area (Å²) >= 11 is 0. The maximum Gasteiger partial charge on any atom is 0.416 e. The molecule has 0 aliphatic heterocycles. The number of aliphatic carboxylic acids is 1. The second-order valence-corrected chi connectivity index (χ2v) is 6.13. The van der Waals surface area contributed by atoms with Gasteiger partial charge in [-0.05, 0) is 47.5 Å². The number of benzene rings is 2. The van der Waals surface area contributed by atoms with Crippen molar-refractivity contribution in [3.8, 4) is 11.5 Å². The van der Waals surface area contributed by atoms with Crippen LogP contribution in [0.25, 0.3) is 16.5 Å². The second-order valence-electron chi connectivity index (χ2n) is 6.13. The molecule has 170 valence electrons. The number of halogens is 6. The number of carbonyl (C=O) groups is 1. The fourth-order valence-electron chi connectivity index (χ4n) is 2.48. The van der Waals surface area contributed by atoms with Crippen LogP contribution in [-0.4, -0.2) is 18.2 Å². The number of hydrogen-bond donors (Lipinski definition) is 1. The summed E-state index contributed by atoms with van der Waals surface area (Å²) < 4.78 is 88.5. The van der Waals surface area contributed by atoms with Gasteiger partial charge in [0.15, 0.2) is 0 Å². The van der Waals surface area contributed by atoms with Crippen LogP contribution in [0.1, 0.15) is 22.3 Å². The molecule has 0 fully saturated rings. The summed E-state index contributed by atoms with van der Waals surface area (Å²) in [5.41, 5.74) is 4.33. The first-order chi connectivity index (χ1) is 14.8. The summed E-state index contributed by atoms with van der Waals surface area (Å²) in [6.45, 7) is -0.717. The van der Waals surface area contributed by atoms with E-state index in [-0.39, 0.29) is 23.1 Å². The van der Waals surface area contributed by atoms with Gasteiger partial charge in [-0.1, -0.05) is 5.11 Å². The van der Waals surface area contributed by atoms with E-state index in [1.54, 1.807) is 0 Å². The van der Waals surface area contributed by atoms with E-state index in [1.165, 1.54) is 25.3 Å². The number of ether oxygens (including phenoxy) is 2. The molecule has 7 nitrogen and oxygen atoms in total. The number of carboxylic acids is 1. The van der Waals surface area contributed by atoms with Crippen LogP contribution < -0.4 is 9.47 Å². The van der Waals surface area contributed by atoms with Crippen molar-refractivity contribution < 1.29 is 45.7 Å². The molecule has 0 radical (unpaired) electrons. The van der Waals surface area contributed by atoms with Gasteiger partial charge in [0, 0.05) is 16.5 Å². The van der Waals surface area contributed by atoms with Crippen molar-refractivity contribution in [3.63, 3.8) is 0 Å². The van der Waals surface area contributed by atoms with Gasteiger partial charge in [0.2, 0.25) is 0 Å². The fraction of sp³-hybridized carbons (Fsp3) is 0.211.